The molecule has 8 N–H and O–H groups in total. The van der Waals surface area contributed by atoms with E-state index in [1.54, 1.807) is 0 Å². The van der Waals surface area contributed by atoms with Crippen molar-refractivity contribution in [1.29, 1.82) is 0 Å². The number of rotatable bonds is 4. The molecule has 4 unspecified atom stereocenters. The van der Waals surface area contributed by atoms with Gasteiger partial charge in [-0.05, 0) is 0 Å². The summed E-state index contributed by atoms with van der Waals surface area (Å²) >= 11 is 0.699. The molecule has 2 saturated heterocycles. The number of hydrogen-bond donors (Lipinski definition) is 8. The van der Waals surface area contributed by atoms with E-state index in [4.69, 9.17) is 19.7 Å². The summed E-state index contributed by atoms with van der Waals surface area (Å²) in [6.07, 6.45) is -11.5. The van der Waals surface area contributed by atoms with Crippen LogP contribution in [0.4, 0.5) is 0 Å². The van der Waals surface area contributed by atoms with Crippen molar-refractivity contribution in [3.05, 3.63) is 0 Å². The molecule has 136 valence electrons. The molecular formula is C12H22O10S. The standard InChI is InChI=1S/C12H22O10S/c13-1-3-5(15)7(17)9(19)11(21-3)23-12-10(20)8(18)6(16)4(2-14)22-12/h3-20H,1-2H2/t3?,4?,5-,6-,7?,8?,9-,10+,11-,12-/m0/s1. The van der Waals surface area contributed by atoms with Gasteiger partial charge in [0.05, 0.1) is 13.2 Å². The van der Waals surface area contributed by atoms with Gasteiger partial charge in [-0.1, -0.05) is 11.8 Å². The zero-order valence-corrected chi connectivity index (χ0v) is 12.8. The smallest absolute Gasteiger partial charge is 0.134 e. The van der Waals surface area contributed by atoms with Crippen molar-refractivity contribution in [3.8, 4) is 0 Å². The van der Waals surface area contributed by atoms with Crippen molar-refractivity contribution in [2.24, 2.45) is 0 Å². The van der Waals surface area contributed by atoms with Crippen LogP contribution < -0.4 is 0 Å². The van der Waals surface area contributed by atoms with E-state index in [0.717, 1.165) is 0 Å². The van der Waals surface area contributed by atoms with E-state index >= 15 is 0 Å². The van der Waals surface area contributed by atoms with Gasteiger partial charge in [-0.2, -0.15) is 0 Å². The monoisotopic (exact) mass is 358 g/mol. The Hall–Kier alpha value is -0.0500. The molecule has 2 heterocycles. The van der Waals surface area contributed by atoms with Crippen molar-refractivity contribution in [3.63, 3.8) is 0 Å². The summed E-state index contributed by atoms with van der Waals surface area (Å²) in [5.41, 5.74) is -2.35. The van der Waals surface area contributed by atoms with Gasteiger partial charge in [0, 0.05) is 0 Å². The molecule has 2 fully saturated rings. The lowest BCUT2D eigenvalue weighted by Crippen LogP contribution is -2.60. The Kier molecular flexibility index (Phi) is 6.61. The molecule has 0 spiro atoms. The molecule has 0 saturated carbocycles. The van der Waals surface area contributed by atoms with Gasteiger partial charge in [0.15, 0.2) is 0 Å². The third-order valence-corrected chi connectivity index (χ3v) is 5.28. The largest absolute Gasteiger partial charge is 0.394 e. The third kappa shape index (κ3) is 3.80. The molecular weight excluding hydrogens is 336 g/mol. The van der Waals surface area contributed by atoms with E-state index in [9.17, 15) is 30.6 Å². The Morgan fingerprint density at radius 2 is 0.913 bits per heavy atom. The first-order valence-electron chi connectivity index (χ1n) is 7.08. The van der Waals surface area contributed by atoms with Gasteiger partial charge in [0.25, 0.3) is 0 Å². The van der Waals surface area contributed by atoms with E-state index < -0.39 is 72.9 Å². The average Bonchev–Trinajstić information content (AvgIpc) is 2.55. The van der Waals surface area contributed by atoms with Crippen molar-refractivity contribution in [2.75, 3.05) is 13.2 Å². The molecule has 0 radical (unpaired) electrons. The topological polar surface area (TPSA) is 180 Å². The van der Waals surface area contributed by atoms with Crippen molar-refractivity contribution in [2.45, 2.75) is 59.7 Å². The van der Waals surface area contributed by atoms with E-state index in [2.05, 4.69) is 0 Å². The molecule has 2 aliphatic heterocycles. The van der Waals surface area contributed by atoms with Gasteiger partial charge in [0.2, 0.25) is 0 Å². The minimum Gasteiger partial charge on any atom is -0.394 e. The van der Waals surface area contributed by atoms with Crippen LogP contribution in [0.3, 0.4) is 0 Å². The minimum atomic E-state index is -1.58. The van der Waals surface area contributed by atoms with Gasteiger partial charge < -0.3 is 50.3 Å². The van der Waals surface area contributed by atoms with Gasteiger partial charge >= 0.3 is 0 Å². The van der Waals surface area contributed by atoms with Crippen LogP contribution in [-0.4, -0.2) is 114 Å². The van der Waals surface area contributed by atoms with Crippen molar-refractivity contribution in [1.82, 2.24) is 0 Å². The van der Waals surface area contributed by atoms with E-state index in [1.807, 2.05) is 0 Å². The highest BCUT2D eigenvalue weighted by Crippen LogP contribution is 2.36. The number of aliphatic hydroxyl groups excluding tert-OH is 8. The fourth-order valence-electron chi connectivity index (χ4n) is 2.49. The second kappa shape index (κ2) is 7.89. The molecule has 10 atom stereocenters. The number of hydrogen-bond acceptors (Lipinski definition) is 11. The van der Waals surface area contributed by atoms with Crippen LogP contribution in [0.5, 0.6) is 0 Å². The Morgan fingerprint density at radius 1 is 0.565 bits per heavy atom. The summed E-state index contributed by atoms with van der Waals surface area (Å²) in [5, 5.41) is 77.0. The zero-order chi connectivity index (χ0) is 17.3. The Balaban J connectivity index is 2.07. The van der Waals surface area contributed by atoms with Crippen LogP contribution in [0, 0.1) is 0 Å². The molecule has 0 amide bonds. The minimum absolute atomic E-state index is 0.601. The third-order valence-electron chi connectivity index (χ3n) is 3.97. The van der Waals surface area contributed by atoms with Gasteiger partial charge in [-0.25, -0.2) is 0 Å². The van der Waals surface area contributed by atoms with E-state index in [-0.39, 0.29) is 0 Å². The molecule has 2 rings (SSSR count). The second-order valence-electron chi connectivity index (χ2n) is 5.53. The summed E-state index contributed by atoms with van der Waals surface area (Å²) in [4.78, 5) is 0. The van der Waals surface area contributed by atoms with Gasteiger partial charge in [-0.15, -0.1) is 0 Å². The van der Waals surface area contributed by atoms with Crippen LogP contribution in [0.25, 0.3) is 0 Å². The fourth-order valence-corrected chi connectivity index (χ4v) is 3.81. The van der Waals surface area contributed by atoms with E-state index in [1.165, 1.54) is 0 Å². The first-order chi connectivity index (χ1) is 10.8. The molecule has 2 aliphatic rings. The van der Waals surface area contributed by atoms with Crippen LogP contribution in [-0.2, 0) is 9.47 Å². The van der Waals surface area contributed by atoms with Crippen LogP contribution in [0.1, 0.15) is 0 Å². The molecule has 11 heteroatoms. The number of aliphatic hydroxyl groups is 8. The number of thioether (sulfide) groups is 1. The highest BCUT2D eigenvalue weighted by atomic mass is 32.2. The maximum absolute atomic E-state index is 9.94. The lowest BCUT2D eigenvalue weighted by atomic mass is 10.0. The molecule has 0 aromatic rings. The molecule has 23 heavy (non-hydrogen) atoms. The quantitative estimate of drug-likeness (QED) is 0.242. The maximum atomic E-state index is 9.94. The molecule has 0 aromatic heterocycles. The Bertz CT molecular complexity index is 349. The fraction of sp³-hybridized carbons (Fsp3) is 1.00. The average molecular weight is 358 g/mol. The SMILES string of the molecule is OCC1O[C@@H](S[C@@H]2OC(CO)[C@H](O)C(O)[C@@H]2O)[C@H](O)C(O)[C@H]1O. The Morgan fingerprint density at radius 3 is 1.22 bits per heavy atom. The Labute approximate surface area is 135 Å². The van der Waals surface area contributed by atoms with Crippen molar-refractivity contribution < 1.29 is 50.3 Å². The highest BCUT2D eigenvalue weighted by Gasteiger charge is 2.49. The molecule has 0 bridgehead atoms. The maximum Gasteiger partial charge on any atom is 0.134 e. The summed E-state index contributed by atoms with van der Waals surface area (Å²) < 4.78 is 10.5. The highest BCUT2D eigenvalue weighted by molar-refractivity contribution is 8.00. The predicted octanol–water partition coefficient (Wildman–Crippen LogP) is -4.68. The molecule has 0 aliphatic carbocycles. The first-order valence-corrected chi connectivity index (χ1v) is 8.02. The van der Waals surface area contributed by atoms with Crippen LogP contribution in [0.15, 0.2) is 0 Å². The molecule has 10 nitrogen and oxygen atoms in total. The lowest BCUT2D eigenvalue weighted by molar-refractivity contribution is -0.214. The van der Waals surface area contributed by atoms with Gasteiger partial charge in [0.1, 0.15) is 59.7 Å². The summed E-state index contributed by atoms with van der Waals surface area (Å²) in [6.45, 7) is -1.20. The molecule has 0 aromatic carbocycles. The summed E-state index contributed by atoms with van der Waals surface area (Å²) in [7, 11) is 0. The van der Waals surface area contributed by atoms with Crippen molar-refractivity contribution >= 4 is 11.8 Å². The zero-order valence-electron chi connectivity index (χ0n) is 12.0. The predicted molar refractivity (Wildman–Crippen MR) is 75.1 cm³/mol. The van der Waals surface area contributed by atoms with Crippen LogP contribution >= 0.6 is 11.8 Å². The van der Waals surface area contributed by atoms with E-state index in [0.29, 0.717) is 11.8 Å². The summed E-state index contributed by atoms with van der Waals surface area (Å²) in [6, 6.07) is 0. The number of ether oxygens (including phenoxy) is 2. The normalized spacial score (nSPS) is 51.7. The first kappa shape index (κ1) is 19.3. The van der Waals surface area contributed by atoms with Gasteiger partial charge in [-0.3, -0.25) is 0 Å². The van der Waals surface area contributed by atoms with Crippen LogP contribution in [0.2, 0.25) is 0 Å². The second-order valence-corrected chi connectivity index (χ2v) is 6.73. The lowest BCUT2D eigenvalue weighted by Gasteiger charge is -2.44. The summed E-state index contributed by atoms with van der Waals surface area (Å²) in [5.74, 6) is 0.